The number of imidazole rings is 1. The van der Waals surface area contributed by atoms with E-state index in [0.29, 0.717) is 43.7 Å². The van der Waals surface area contributed by atoms with Crippen LogP contribution < -0.4 is 15.9 Å². The summed E-state index contributed by atoms with van der Waals surface area (Å²) in [6.45, 7) is 7.82. The maximum absolute atomic E-state index is 13.5. The van der Waals surface area contributed by atoms with Crippen molar-refractivity contribution in [3.63, 3.8) is 0 Å². The van der Waals surface area contributed by atoms with E-state index in [2.05, 4.69) is 29.4 Å². The van der Waals surface area contributed by atoms with E-state index in [4.69, 9.17) is 4.74 Å². The molecule has 15 heteroatoms. The maximum Gasteiger partial charge on any atom is 0.573 e. The molecule has 1 amide bonds. The Kier molecular flexibility index (Phi) is 8.78. The quantitative estimate of drug-likeness (QED) is 0.295. The summed E-state index contributed by atoms with van der Waals surface area (Å²) in [4.78, 5) is 32.4. The molecule has 0 saturated carbocycles. The Morgan fingerprint density at radius 2 is 1.80 bits per heavy atom. The van der Waals surface area contributed by atoms with Crippen LogP contribution in [0.25, 0.3) is 11.2 Å². The van der Waals surface area contributed by atoms with Crippen LogP contribution in [0.4, 0.5) is 13.2 Å². The standard InChI is InChI=1S/C25H32BF3N4O6Si/c1-40(2,3)13-12-38-16-32-22-21(14-18(15-30-22)26(36)37)33(24(32)35)19-8-10-31(11-9-19)23(34)17-4-6-20(7-5-17)39-25(27,28)29/h4-7,14-15,19,36-37H,8-13,16H2,1-3H3. The number of alkyl halides is 3. The van der Waals surface area contributed by atoms with E-state index in [1.165, 1.54) is 29.0 Å². The summed E-state index contributed by atoms with van der Waals surface area (Å²) in [5.41, 5.74) is 0.827. The molecule has 1 fully saturated rings. The molecule has 3 heterocycles. The lowest BCUT2D eigenvalue weighted by atomic mass is 9.81. The van der Waals surface area contributed by atoms with Crippen LogP contribution >= 0.6 is 0 Å². The van der Waals surface area contributed by atoms with E-state index < -0.39 is 27.3 Å². The highest BCUT2D eigenvalue weighted by atomic mass is 28.3. The first-order valence-electron chi connectivity index (χ1n) is 12.9. The van der Waals surface area contributed by atoms with Gasteiger partial charge in [-0.2, -0.15) is 0 Å². The predicted molar refractivity (Wildman–Crippen MR) is 145 cm³/mol. The lowest BCUT2D eigenvalue weighted by molar-refractivity contribution is -0.274. The predicted octanol–water partition coefficient (Wildman–Crippen LogP) is 2.57. The summed E-state index contributed by atoms with van der Waals surface area (Å²) in [6.07, 6.45) is -2.65. The molecule has 1 aliphatic rings. The Morgan fingerprint density at radius 1 is 1.15 bits per heavy atom. The first-order chi connectivity index (χ1) is 18.7. The van der Waals surface area contributed by atoms with Gasteiger partial charge < -0.3 is 24.4 Å². The highest BCUT2D eigenvalue weighted by Crippen LogP contribution is 2.27. The van der Waals surface area contributed by atoms with Gasteiger partial charge in [-0.15, -0.1) is 13.2 Å². The second-order valence-electron chi connectivity index (χ2n) is 11.0. The second kappa shape index (κ2) is 11.8. The van der Waals surface area contributed by atoms with E-state index >= 15 is 0 Å². The number of benzene rings is 1. The molecule has 0 spiro atoms. The summed E-state index contributed by atoms with van der Waals surface area (Å²) in [7, 11) is -3.09. The topological polar surface area (TPSA) is 119 Å². The highest BCUT2D eigenvalue weighted by Gasteiger charge is 2.32. The number of halogens is 3. The van der Waals surface area contributed by atoms with E-state index in [0.717, 1.165) is 18.2 Å². The largest absolute Gasteiger partial charge is 0.573 e. The molecule has 1 aliphatic heterocycles. The Balaban J connectivity index is 1.51. The van der Waals surface area contributed by atoms with Crippen molar-refractivity contribution >= 4 is 37.7 Å². The van der Waals surface area contributed by atoms with Crippen LogP contribution in [0.3, 0.4) is 0 Å². The van der Waals surface area contributed by atoms with Gasteiger partial charge in [-0.05, 0) is 49.2 Å². The molecule has 0 bridgehead atoms. The molecule has 1 aromatic carbocycles. The third-order valence-corrected chi connectivity index (χ3v) is 8.49. The minimum atomic E-state index is -4.82. The molecule has 2 N–H and O–H groups in total. The number of rotatable bonds is 9. The highest BCUT2D eigenvalue weighted by molar-refractivity contribution is 6.76. The molecule has 0 aliphatic carbocycles. The Labute approximate surface area is 230 Å². The lowest BCUT2D eigenvalue weighted by Gasteiger charge is -2.32. The number of nitrogens with zero attached hydrogens (tertiary/aromatic N) is 4. The van der Waals surface area contributed by atoms with Gasteiger partial charge in [-0.1, -0.05) is 19.6 Å². The molecule has 2 aromatic heterocycles. The van der Waals surface area contributed by atoms with E-state index in [1.807, 2.05) is 0 Å². The lowest BCUT2D eigenvalue weighted by Crippen LogP contribution is -2.41. The minimum absolute atomic E-state index is 0.00617. The first-order valence-corrected chi connectivity index (χ1v) is 16.6. The molecule has 0 radical (unpaired) electrons. The number of aromatic nitrogens is 3. The summed E-state index contributed by atoms with van der Waals surface area (Å²) >= 11 is 0. The van der Waals surface area contributed by atoms with Crippen LogP contribution in [0.1, 0.15) is 29.2 Å². The molecule has 0 unspecified atom stereocenters. The monoisotopic (exact) mass is 580 g/mol. The summed E-state index contributed by atoms with van der Waals surface area (Å²) in [5.74, 6) is -0.751. The number of likely N-dealkylation sites (tertiary alicyclic amines) is 1. The van der Waals surface area contributed by atoms with Gasteiger partial charge in [0, 0.05) is 51.0 Å². The maximum atomic E-state index is 13.5. The molecule has 3 aromatic rings. The van der Waals surface area contributed by atoms with Crippen LogP contribution in [0.5, 0.6) is 5.75 Å². The van der Waals surface area contributed by atoms with Crippen LogP contribution in [-0.2, 0) is 11.5 Å². The SMILES string of the molecule is C[Si](C)(C)CCOCn1c(=O)n(C2CCN(C(=O)c3ccc(OC(F)(F)F)cc3)CC2)c2cc(B(O)O)cnc21. The molecule has 216 valence electrons. The van der Waals surface area contributed by atoms with Crippen LogP contribution in [0.2, 0.25) is 25.7 Å². The van der Waals surface area contributed by atoms with Crippen molar-refractivity contribution in [3.05, 3.63) is 52.6 Å². The van der Waals surface area contributed by atoms with Crippen LogP contribution in [0.15, 0.2) is 41.3 Å². The van der Waals surface area contributed by atoms with E-state index in [9.17, 15) is 32.8 Å². The van der Waals surface area contributed by atoms with E-state index in [-0.39, 0.29) is 35.4 Å². The van der Waals surface area contributed by atoms with Crippen molar-refractivity contribution < 1.29 is 37.5 Å². The Bertz CT molecular complexity index is 1400. The van der Waals surface area contributed by atoms with Gasteiger partial charge in [0.1, 0.15) is 12.5 Å². The number of amides is 1. The van der Waals surface area contributed by atoms with Crippen LogP contribution in [-0.4, -0.2) is 76.2 Å². The summed E-state index contributed by atoms with van der Waals surface area (Å²) < 4.78 is 49.9. The zero-order chi connectivity index (χ0) is 29.2. The smallest absolute Gasteiger partial charge is 0.423 e. The zero-order valence-electron chi connectivity index (χ0n) is 22.5. The third kappa shape index (κ3) is 7.13. The Morgan fingerprint density at radius 3 is 2.38 bits per heavy atom. The van der Waals surface area contributed by atoms with Crippen molar-refractivity contribution in [3.8, 4) is 5.75 Å². The fourth-order valence-corrected chi connectivity index (χ4v) is 5.38. The van der Waals surface area contributed by atoms with Gasteiger partial charge in [0.2, 0.25) is 0 Å². The molecule has 40 heavy (non-hydrogen) atoms. The van der Waals surface area contributed by atoms with Gasteiger partial charge >= 0.3 is 19.2 Å². The van der Waals surface area contributed by atoms with Gasteiger partial charge in [0.15, 0.2) is 5.65 Å². The fourth-order valence-electron chi connectivity index (χ4n) is 4.62. The summed E-state index contributed by atoms with van der Waals surface area (Å²) in [5, 5.41) is 19.4. The minimum Gasteiger partial charge on any atom is -0.423 e. The average Bonchev–Trinajstić information content (AvgIpc) is 3.15. The van der Waals surface area contributed by atoms with Gasteiger partial charge in [-0.25, -0.2) is 9.78 Å². The van der Waals surface area contributed by atoms with Gasteiger partial charge in [0.05, 0.1) is 5.52 Å². The number of pyridine rings is 1. The number of carbonyl (C=O) groups is 1. The van der Waals surface area contributed by atoms with Crippen LogP contribution in [0, 0.1) is 0 Å². The molecule has 10 nitrogen and oxygen atoms in total. The second-order valence-corrected chi connectivity index (χ2v) is 16.6. The molecule has 0 atom stereocenters. The fraction of sp³-hybridized carbons (Fsp3) is 0.480. The number of carbonyl (C=O) groups excluding carboxylic acids is 1. The molecule has 4 rings (SSSR count). The average molecular weight is 580 g/mol. The first kappa shape index (κ1) is 29.8. The van der Waals surface area contributed by atoms with Crippen molar-refractivity contribution in [1.82, 2.24) is 19.0 Å². The van der Waals surface area contributed by atoms with Gasteiger partial charge in [-0.3, -0.25) is 13.9 Å². The molecular formula is C25H32BF3N4O6Si. The normalized spacial score (nSPS) is 15.1. The third-order valence-electron chi connectivity index (χ3n) is 6.79. The number of piperidine rings is 1. The van der Waals surface area contributed by atoms with E-state index in [1.54, 1.807) is 9.47 Å². The Hall–Kier alpha value is -3.14. The van der Waals surface area contributed by atoms with Gasteiger partial charge in [0.25, 0.3) is 5.91 Å². The molecule has 1 saturated heterocycles. The number of fused-ring (bicyclic) bond motifs is 1. The number of ether oxygens (including phenoxy) is 2. The zero-order valence-corrected chi connectivity index (χ0v) is 23.5. The number of hydrogen-bond acceptors (Lipinski definition) is 7. The molecular weight excluding hydrogens is 548 g/mol. The van der Waals surface area contributed by atoms with Crippen molar-refractivity contribution in [2.24, 2.45) is 0 Å². The van der Waals surface area contributed by atoms with Crippen molar-refractivity contribution in [1.29, 1.82) is 0 Å². The van der Waals surface area contributed by atoms with Crippen molar-refractivity contribution in [2.45, 2.75) is 57.7 Å². The van der Waals surface area contributed by atoms with Crippen molar-refractivity contribution in [2.75, 3.05) is 19.7 Å². The number of hydrogen-bond donors (Lipinski definition) is 2. The summed E-state index contributed by atoms with van der Waals surface area (Å²) in [6, 6.07) is 6.90.